The van der Waals surface area contributed by atoms with Crippen LogP contribution < -0.4 is 0 Å². The lowest BCUT2D eigenvalue weighted by molar-refractivity contribution is 0.0109. The van der Waals surface area contributed by atoms with Crippen LogP contribution in [0.15, 0.2) is 30.3 Å². The molecule has 1 aliphatic carbocycles. The van der Waals surface area contributed by atoms with E-state index in [0.717, 1.165) is 6.42 Å². The van der Waals surface area contributed by atoms with Gasteiger partial charge in [0.05, 0.1) is 6.61 Å². The molecule has 98 valence electrons. The van der Waals surface area contributed by atoms with Crippen LogP contribution >= 0.6 is 0 Å². The summed E-state index contributed by atoms with van der Waals surface area (Å²) in [4.78, 5) is 2.46. The zero-order valence-corrected chi connectivity index (χ0v) is 11.2. The molecular formula is C16H23NO. The maximum atomic E-state index is 9.95. The molecule has 1 saturated carbocycles. The lowest BCUT2D eigenvalue weighted by Gasteiger charge is -2.43. The van der Waals surface area contributed by atoms with Crippen molar-refractivity contribution in [1.82, 2.24) is 4.90 Å². The summed E-state index contributed by atoms with van der Waals surface area (Å²) in [6.45, 7) is 0.317. The first-order valence-corrected chi connectivity index (χ1v) is 7.17. The predicted octanol–water partition coefficient (Wildman–Crippen LogP) is 2.98. The Morgan fingerprint density at radius 3 is 2.72 bits per heavy atom. The standard InChI is InChI=1S/C16H23NO/c1-17-15(13-7-3-2-4-8-13)11-14-9-5-6-10-16(14,17)12-18/h2-4,7-8,14-15,18H,5-6,9-12H2,1H3/t14-,15-,16+/m1/s1. The highest BCUT2D eigenvalue weighted by atomic mass is 16.3. The molecule has 1 aliphatic heterocycles. The van der Waals surface area contributed by atoms with E-state index >= 15 is 0 Å². The molecule has 18 heavy (non-hydrogen) atoms. The van der Waals surface area contributed by atoms with E-state index in [4.69, 9.17) is 0 Å². The molecule has 0 bridgehead atoms. The van der Waals surface area contributed by atoms with Crippen molar-refractivity contribution in [2.45, 2.75) is 43.7 Å². The first kappa shape index (κ1) is 12.2. The molecule has 1 aromatic carbocycles. The van der Waals surface area contributed by atoms with Crippen molar-refractivity contribution in [3.63, 3.8) is 0 Å². The number of benzene rings is 1. The van der Waals surface area contributed by atoms with Crippen LogP contribution in [0.3, 0.4) is 0 Å². The van der Waals surface area contributed by atoms with Crippen molar-refractivity contribution in [1.29, 1.82) is 0 Å². The van der Waals surface area contributed by atoms with Gasteiger partial charge in [-0.3, -0.25) is 4.90 Å². The Kier molecular flexibility index (Phi) is 3.16. The number of nitrogens with zero attached hydrogens (tertiary/aromatic N) is 1. The molecular weight excluding hydrogens is 222 g/mol. The van der Waals surface area contributed by atoms with E-state index in [9.17, 15) is 5.11 Å². The van der Waals surface area contributed by atoms with Gasteiger partial charge in [-0.15, -0.1) is 0 Å². The molecule has 2 aliphatic rings. The minimum Gasteiger partial charge on any atom is -0.394 e. The van der Waals surface area contributed by atoms with Crippen molar-refractivity contribution < 1.29 is 5.11 Å². The van der Waals surface area contributed by atoms with Gasteiger partial charge < -0.3 is 5.11 Å². The van der Waals surface area contributed by atoms with Gasteiger partial charge in [-0.05, 0) is 37.8 Å². The van der Waals surface area contributed by atoms with E-state index in [-0.39, 0.29) is 5.54 Å². The van der Waals surface area contributed by atoms with Crippen molar-refractivity contribution in [3.8, 4) is 0 Å². The second kappa shape index (κ2) is 4.67. The smallest absolute Gasteiger partial charge is 0.0618 e. The highest BCUT2D eigenvalue weighted by molar-refractivity contribution is 5.23. The van der Waals surface area contributed by atoms with E-state index in [1.165, 1.54) is 31.2 Å². The number of aliphatic hydroxyl groups is 1. The molecule has 1 saturated heterocycles. The number of likely N-dealkylation sites (N-methyl/N-ethyl adjacent to an activating group) is 1. The predicted molar refractivity (Wildman–Crippen MR) is 73.3 cm³/mol. The number of rotatable bonds is 2. The molecule has 0 amide bonds. The minimum atomic E-state index is 0.0543. The van der Waals surface area contributed by atoms with Gasteiger partial charge in [0, 0.05) is 11.6 Å². The van der Waals surface area contributed by atoms with Gasteiger partial charge in [0.1, 0.15) is 0 Å². The topological polar surface area (TPSA) is 23.5 Å². The number of aliphatic hydroxyl groups excluding tert-OH is 1. The van der Waals surface area contributed by atoms with Crippen LogP contribution in [0, 0.1) is 5.92 Å². The van der Waals surface area contributed by atoms with Crippen LogP contribution in [0.4, 0.5) is 0 Å². The Hall–Kier alpha value is -0.860. The lowest BCUT2D eigenvalue weighted by Crippen LogP contribution is -2.51. The number of likely N-dealkylation sites (tertiary alicyclic amines) is 1. The van der Waals surface area contributed by atoms with Gasteiger partial charge in [0.25, 0.3) is 0 Å². The Labute approximate surface area is 110 Å². The summed E-state index contributed by atoms with van der Waals surface area (Å²) < 4.78 is 0. The van der Waals surface area contributed by atoms with Crippen LogP contribution in [0.25, 0.3) is 0 Å². The van der Waals surface area contributed by atoms with Crippen LogP contribution in [0.5, 0.6) is 0 Å². The van der Waals surface area contributed by atoms with Gasteiger partial charge in [-0.1, -0.05) is 43.2 Å². The first-order chi connectivity index (χ1) is 8.78. The SMILES string of the molecule is CN1[C@@H](c2ccccc2)C[C@H]2CCCC[C@]21CO. The summed E-state index contributed by atoms with van der Waals surface area (Å²) in [5.74, 6) is 0.673. The van der Waals surface area contributed by atoms with E-state index in [0.29, 0.717) is 18.6 Å². The highest BCUT2D eigenvalue weighted by Crippen LogP contribution is 2.51. The Balaban J connectivity index is 1.92. The maximum absolute atomic E-state index is 9.95. The quantitative estimate of drug-likeness (QED) is 0.866. The van der Waals surface area contributed by atoms with Crippen molar-refractivity contribution in [2.75, 3.05) is 13.7 Å². The Morgan fingerprint density at radius 1 is 1.28 bits per heavy atom. The van der Waals surface area contributed by atoms with Crippen LogP contribution in [-0.4, -0.2) is 29.2 Å². The first-order valence-electron chi connectivity index (χ1n) is 7.17. The van der Waals surface area contributed by atoms with E-state index in [1.54, 1.807) is 0 Å². The lowest BCUT2D eigenvalue weighted by atomic mass is 9.74. The third-order valence-electron chi connectivity index (χ3n) is 5.31. The number of hydrogen-bond acceptors (Lipinski definition) is 2. The van der Waals surface area contributed by atoms with E-state index in [2.05, 4.69) is 42.3 Å². The Bertz CT molecular complexity index is 405. The maximum Gasteiger partial charge on any atom is 0.0618 e. The average Bonchev–Trinajstić information content (AvgIpc) is 2.74. The summed E-state index contributed by atoms with van der Waals surface area (Å²) in [5, 5.41) is 9.95. The summed E-state index contributed by atoms with van der Waals surface area (Å²) in [5.41, 5.74) is 1.46. The van der Waals surface area contributed by atoms with Crippen LogP contribution in [0.2, 0.25) is 0 Å². The van der Waals surface area contributed by atoms with Gasteiger partial charge >= 0.3 is 0 Å². The zero-order chi connectivity index (χ0) is 12.6. The number of hydrogen-bond donors (Lipinski definition) is 1. The van der Waals surface area contributed by atoms with Gasteiger partial charge in [0.2, 0.25) is 0 Å². The molecule has 0 aromatic heterocycles. The highest BCUT2D eigenvalue weighted by Gasteiger charge is 2.51. The fourth-order valence-electron chi connectivity index (χ4n) is 4.19. The molecule has 0 radical (unpaired) electrons. The molecule has 2 heteroatoms. The monoisotopic (exact) mass is 245 g/mol. The second-order valence-electron chi connectivity index (χ2n) is 5.98. The van der Waals surface area contributed by atoms with E-state index < -0.39 is 0 Å². The summed E-state index contributed by atoms with van der Waals surface area (Å²) in [6, 6.07) is 11.3. The summed E-state index contributed by atoms with van der Waals surface area (Å²) in [6.07, 6.45) is 6.26. The number of fused-ring (bicyclic) bond motifs is 1. The molecule has 1 heterocycles. The van der Waals surface area contributed by atoms with Gasteiger partial charge in [-0.25, -0.2) is 0 Å². The Morgan fingerprint density at radius 2 is 2.06 bits per heavy atom. The molecule has 0 unspecified atom stereocenters. The fourth-order valence-corrected chi connectivity index (χ4v) is 4.19. The average molecular weight is 245 g/mol. The summed E-state index contributed by atoms with van der Waals surface area (Å²) >= 11 is 0. The van der Waals surface area contributed by atoms with Crippen molar-refractivity contribution in [3.05, 3.63) is 35.9 Å². The minimum absolute atomic E-state index is 0.0543. The molecule has 2 nitrogen and oxygen atoms in total. The molecule has 1 aromatic rings. The third-order valence-corrected chi connectivity index (χ3v) is 5.31. The summed E-state index contributed by atoms with van der Waals surface area (Å²) in [7, 11) is 2.21. The second-order valence-corrected chi connectivity index (χ2v) is 5.98. The normalized spacial score (nSPS) is 36.6. The fraction of sp³-hybridized carbons (Fsp3) is 0.625. The molecule has 3 atom stereocenters. The van der Waals surface area contributed by atoms with E-state index in [1.807, 2.05) is 0 Å². The van der Waals surface area contributed by atoms with Crippen molar-refractivity contribution in [2.24, 2.45) is 5.92 Å². The zero-order valence-electron chi connectivity index (χ0n) is 11.2. The molecule has 2 fully saturated rings. The van der Waals surface area contributed by atoms with Crippen LogP contribution in [-0.2, 0) is 0 Å². The largest absolute Gasteiger partial charge is 0.394 e. The molecule has 1 N–H and O–H groups in total. The van der Waals surface area contributed by atoms with Gasteiger partial charge in [-0.2, -0.15) is 0 Å². The van der Waals surface area contributed by atoms with Crippen LogP contribution in [0.1, 0.15) is 43.7 Å². The third kappa shape index (κ3) is 1.70. The molecule has 3 rings (SSSR count). The molecule has 0 spiro atoms. The van der Waals surface area contributed by atoms with Crippen molar-refractivity contribution >= 4 is 0 Å². The van der Waals surface area contributed by atoms with Gasteiger partial charge in [0.15, 0.2) is 0 Å².